The van der Waals surface area contributed by atoms with Crippen molar-refractivity contribution in [2.45, 2.75) is 25.3 Å². The van der Waals surface area contributed by atoms with E-state index in [1.807, 2.05) is 4.90 Å². The van der Waals surface area contributed by atoms with Crippen LogP contribution < -0.4 is 20.3 Å². The van der Waals surface area contributed by atoms with Gasteiger partial charge in [0.25, 0.3) is 0 Å². The highest BCUT2D eigenvalue weighted by molar-refractivity contribution is 5.77. The fourth-order valence-corrected chi connectivity index (χ4v) is 3.15. The molecule has 0 radical (unpaired) electrons. The van der Waals surface area contributed by atoms with Crippen molar-refractivity contribution in [1.82, 2.24) is 15.5 Å². The van der Waals surface area contributed by atoms with Gasteiger partial charge in [-0.05, 0) is 13.3 Å². The van der Waals surface area contributed by atoms with E-state index in [1.54, 1.807) is 11.8 Å². The van der Waals surface area contributed by atoms with Crippen LogP contribution in [0.25, 0.3) is 0 Å². The number of hydrogen-bond donors (Lipinski definition) is 3. The maximum atomic E-state index is 13.7. The van der Waals surface area contributed by atoms with Gasteiger partial charge in [-0.25, -0.2) is 9.18 Å². The number of rotatable bonds is 7. The average Bonchev–Trinajstić information content (AvgIpc) is 2.73. The van der Waals surface area contributed by atoms with Crippen molar-refractivity contribution >= 4 is 17.6 Å². The number of ether oxygens (including phenoxy) is 1. The number of aliphatic hydroxyl groups is 1. The third kappa shape index (κ3) is 5.69. The molecule has 1 heterocycles. The van der Waals surface area contributed by atoms with Gasteiger partial charge in [-0.3, -0.25) is 4.79 Å². The molecule has 1 aromatic rings. The fourth-order valence-electron chi connectivity index (χ4n) is 3.15. The Morgan fingerprint density at radius 3 is 2.45 bits per heavy atom. The number of aliphatic hydroxyl groups excluding tert-OH is 1. The molecule has 0 aromatic heterocycles. The number of nitrogens with one attached hydrogen (secondary N) is 2. The average molecular weight is 414 g/mol. The summed E-state index contributed by atoms with van der Waals surface area (Å²) in [6, 6.07) is 2.13. The van der Waals surface area contributed by atoms with Gasteiger partial charge < -0.3 is 30.3 Å². The van der Waals surface area contributed by atoms with Crippen molar-refractivity contribution in [1.29, 1.82) is 0 Å². The number of anilines is 1. The van der Waals surface area contributed by atoms with Crippen LogP contribution in [0.5, 0.6) is 5.75 Å². The molecule has 8 nitrogen and oxygen atoms in total. The molecule has 1 saturated heterocycles. The molecular weight excluding hydrogens is 386 g/mol. The van der Waals surface area contributed by atoms with E-state index in [4.69, 9.17) is 4.74 Å². The molecule has 1 aliphatic heterocycles. The van der Waals surface area contributed by atoms with Crippen LogP contribution in [0.15, 0.2) is 12.1 Å². The lowest BCUT2D eigenvalue weighted by Crippen LogP contribution is -2.53. The monoisotopic (exact) mass is 414 g/mol. The van der Waals surface area contributed by atoms with Crippen molar-refractivity contribution in [3.8, 4) is 5.75 Å². The highest BCUT2D eigenvalue weighted by atomic mass is 19.2. The first-order valence-electron chi connectivity index (χ1n) is 9.39. The summed E-state index contributed by atoms with van der Waals surface area (Å²) in [5.74, 6) is -2.26. The van der Waals surface area contributed by atoms with E-state index >= 15 is 0 Å². The molecule has 0 spiro atoms. The molecule has 1 aromatic carbocycles. The maximum Gasteiger partial charge on any atom is 0.315 e. The van der Waals surface area contributed by atoms with Gasteiger partial charge in [0.05, 0.1) is 19.3 Å². The van der Waals surface area contributed by atoms with Crippen LogP contribution in [0.1, 0.15) is 19.8 Å². The van der Waals surface area contributed by atoms with Gasteiger partial charge in [0.2, 0.25) is 11.7 Å². The third-order valence-corrected chi connectivity index (χ3v) is 5.08. The zero-order valence-corrected chi connectivity index (χ0v) is 16.9. The molecule has 3 N–H and O–H groups in total. The highest BCUT2D eigenvalue weighted by Gasteiger charge is 2.28. The van der Waals surface area contributed by atoms with E-state index < -0.39 is 23.2 Å². The minimum absolute atomic E-state index is 0.0918. The Morgan fingerprint density at radius 2 is 1.90 bits per heavy atom. The molecule has 29 heavy (non-hydrogen) atoms. The Morgan fingerprint density at radius 1 is 1.24 bits per heavy atom. The lowest BCUT2D eigenvalue weighted by atomic mass is 9.96. The van der Waals surface area contributed by atoms with Gasteiger partial charge in [-0.1, -0.05) is 0 Å². The Balaban J connectivity index is 1.91. The number of carbonyl (C=O) groups is 2. The van der Waals surface area contributed by atoms with Gasteiger partial charge in [0.1, 0.15) is 0 Å². The highest BCUT2D eigenvalue weighted by Crippen LogP contribution is 2.28. The quantitative estimate of drug-likeness (QED) is 0.621. The van der Waals surface area contributed by atoms with E-state index in [1.165, 1.54) is 20.2 Å². The van der Waals surface area contributed by atoms with Crippen LogP contribution >= 0.6 is 0 Å². The summed E-state index contributed by atoms with van der Waals surface area (Å²) in [7, 11) is 2.75. The van der Waals surface area contributed by atoms with Gasteiger partial charge >= 0.3 is 6.03 Å². The number of benzene rings is 1. The molecule has 3 amide bonds. The smallest absolute Gasteiger partial charge is 0.315 e. The van der Waals surface area contributed by atoms with Crippen molar-refractivity contribution in [3.63, 3.8) is 0 Å². The fraction of sp³-hybridized carbons (Fsp3) is 0.579. The maximum absolute atomic E-state index is 13.7. The Labute approximate surface area is 168 Å². The first kappa shape index (κ1) is 22.7. The number of methoxy groups -OCH3 is 1. The molecule has 1 aliphatic rings. The van der Waals surface area contributed by atoms with E-state index in [0.29, 0.717) is 31.9 Å². The molecular formula is C19H28F2N4O4. The normalized spacial score (nSPS) is 16.2. The summed E-state index contributed by atoms with van der Waals surface area (Å²) in [6.45, 7) is 3.17. The first-order chi connectivity index (χ1) is 13.7. The predicted octanol–water partition coefficient (Wildman–Crippen LogP) is 1.08. The number of piperazine rings is 1. The van der Waals surface area contributed by atoms with Crippen LogP contribution in [0.4, 0.5) is 19.3 Å². The number of hydrogen-bond acceptors (Lipinski definition) is 5. The van der Waals surface area contributed by atoms with Gasteiger partial charge in [0.15, 0.2) is 11.6 Å². The van der Waals surface area contributed by atoms with E-state index in [2.05, 4.69) is 10.6 Å². The van der Waals surface area contributed by atoms with Crippen molar-refractivity contribution < 1.29 is 28.2 Å². The minimum atomic E-state index is -1.03. The third-order valence-electron chi connectivity index (χ3n) is 5.08. The molecule has 10 heteroatoms. The molecule has 2 rings (SSSR count). The predicted molar refractivity (Wildman–Crippen MR) is 104 cm³/mol. The summed E-state index contributed by atoms with van der Waals surface area (Å²) < 4.78 is 32.2. The molecule has 0 aliphatic carbocycles. The van der Waals surface area contributed by atoms with Gasteiger partial charge in [-0.15, -0.1) is 0 Å². The summed E-state index contributed by atoms with van der Waals surface area (Å²) >= 11 is 0. The molecule has 0 bridgehead atoms. The molecule has 1 unspecified atom stereocenters. The van der Waals surface area contributed by atoms with E-state index in [9.17, 15) is 23.5 Å². The van der Waals surface area contributed by atoms with E-state index in [-0.39, 0.29) is 31.1 Å². The Kier molecular flexibility index (Phi) is 7.60. The largest absolute Gasteiger partial charge is 0.493 e. The topological polar surface area (TPSA) is 94.1 Å². The van der Waals surface area contributed by atoms with Crippen LogP contribution in [0.2, 0.25) is 0 Å². The SMILES string of the molecule is CNC(=O)NC(C)(CO)CCC(=O)N1CCN(c2cc(F)c(F)c(OC)c2)CC1. The summed E-state index contributed by atoms with van der Waals surface area (Å²) in [5, 5.41) is 14.6. The molecule has 162 valence electrons. The van der Waals surface area contributed by atoms with E-state index in [0.717, 1.165) is 6.07 Å². The number of urea groups is 1. The number of carbonyl (C=O) groups excluding carboxylic acids is 2. The van der Waals surface area contributed by atoms with Crippen LogP contribution in [-0.2, 0) is 4.79 Å². The standard InChI is InChI=1S/C19H28F2N4O4/c1-19(12-26,23-18(28)22-2)5-4-16(27)25-8-6-24(7-9-25)13-10-14(20)17(21)15(11-13)29-3/h10-11,26H,4-9,12H2,1-3H3,(H2,22,23,28). The lowest BCUT2D eigenvalue weighted by molar-refractivity contribution is -0.132. The Hall–Kier alpha value is -2.62. The van der Waals surface area contributed by atoms with Gasteiger partial charge in [-0.2, -0.15) is 4.39 Å². The Bertz CT molecular complexity index is 741. The first-order valence-corrected chi connectivity index (χ1v) is 9.39. The zero-order chi connectivity index (χ0) is 21.6. The van der Waals surface area contributed by atoms with Crippen molar-refractivity contribution in [3.05, 3.63) is 23.8 Å². The summed E-state index contributed by atoms with van der Waals surface area (Å²) in [6.07, 6.45) is 0.455. The second-order valence-corrected chi connectivity index (χ2v) is 7.23. The number of amides is 3. The summed E-state index contributed by atoms with van der Waals surface area (Å²) in [5.41, 5.74) is -0.407. The second kappa shape index (κ2) is 9.73. The molecule has 1 atom stereocenters. The molecule has 0 saturated carbocycles. The second-order valence-electron chi connectivity index (χ2n) is 7.23. The zero-order valence-electron chi connectivity index (χ0n) is 16.9. The molecule has 1 fully saturated rings. The number of nitrogens with zero attached hydrogens (tertiary/aromatic N) is 2. The lowest BCUT2D eigenvalue weighted by Gasteiger charge is -2.37. The van der Waals surface area contributed by atoms with Crippen LogP contribution in [-0.4, -0.2) is 74.4 Å². The van der Waals surface area contributed by atoms with Crippen molar-refractivity contribution in [2.24, 2.45) is 0 Å². The number of halogens is 2. The van der Waals surface area contributed by atoms with Gasteiger partial charge in [0, 0.05) is 57.5 Å². The summed E-state index contributed by atoms with van der Waals surface area (Å²) in [4.78, 5) is 27.6. The van der Waals surface area contributed by atoms with Crippen LogP contribution in [0, 0.1) is 11.6 Å². The minimum Gasteiger partial charge on any atom is -0.493 e. The van der Waals surface area contributed by atoms with Crippen molar-refractivity contribution in [2.75, 3.05) is 51.8 Å². The van der Waals surface area contributed by atoms with Crippen LogP contribution in [0.3, 0.4) is 0 Å².